The Morgan fingerprint density at radius 3 is 2.89 bits per heavy atom. The average molecular weight is 380 g/mol. The van der Waals surface area contributed by atoms with Gasteiger partial charge in [0.15, 0.2) is 0 Å². The number of rotatable bonds is 4. The van der Waals surface area contributed by atoms with Crippen molar-refractivity contribution in [3.05, 3.63) is 35.1 Å². The third-order valence-electron chi connectivity index (χ3n) is 5.96. The molecule has 4 rings (SSSR count). The second-order valence-electron chi connectivity index (χ2n) is 7.71. The summed E-state index contributed by atoms with van der Waals surface area (Å²) >= 11 is 0. The maximum atomic E-state index is 12.6. The number of primary amides is 1. The van der Waals surface area contributed by atoms with Gasteiger partial charge in [0.2, 0.25) is 5.91 Å². The highest BCUT2D eigenvalue weighted by atomic mass is 16.3. The molecule has 2 N–H and O–H groups in total. The molecular formula is C21H24N4O3. The molecule has 0 saturated carbocycles. The van der Waals surface area contributed by atoms with Crippen LogP contribution in [0, 0.1) is 18.3 Å². The molecule has 0 bridgehead atoms. The van der Waals surface area contributed by atoms with Gasteiger partial charge >= 0.3 is 0 Å². The third-order valence-corrected chi connectivity index (χ3v) is 5.96. The Labute approximate surface area is 163 Å². The summed E-state index contributed by atoms with van der Waals surface area (Å²) in [4.78, 5) is 28.4. The van der Waals surface area contributed by atoms with Gasteiger partial charge in [-0.05, 0) is 50.3 Å². The summed E-state index contributed by atoms with van der Waals surface area (Å²) in [5.74, 6) is 0.290. The molecule has 2 aliphatic rings. The lowest BCUT2D eigenvalue weighted by atomic mass is 9.93. The number of nitrogens with zero attached hydrogens (tertiary/aromatic N) is 3. The molecule has 2 saturated heterocycles. The van der Waals surface area contributed by atoms with Crippen molar-refractivity contribution in [1.82, 2.24) is 9.80 Å². The van der Waals surface area contributed by atoms with Gasteiger partial charge in [-0.25, -0.2) is 0 Å². The van der Waals surface area contributed by atoms with Crippen LogP contribution in [0.3, 0.4) is 0 Å². The molecule has 146 valence electrons. The van der Waals surface area contributed by atoms with Crippen molar-refractivity contribution in [3.8, 4) is 6.07 Å². The standard InChI is InChI=1S/C21H24N4O3/c1-13-19(21(23)27)20-16(5-2-6-17(20)28-13)14-7-9-24(11-14)12-18(26)25-8-3-4-15(25)10-22/h2,5-6,14-15H,3-4,7-9,11-12H2,1H3,(H2,23,27). The molecule has 2 amide bonds. The molecule has 1 aromatic carbocycles. The molecule has 7 nitrogen and oxygen atoms in total. The zero-order valence-corrected chi connectivity index (χ0v) is 16.0. The summed E-state index contributed by atoms with van der Waals surface area (Å²) in [6.07, 6.45) is 2.56. The fraction of sp³-hybridized carbons (Fsp3) is 0.476. The van der Waals surface area contributed by atoms with E-state index >= 15 is 0 Å². The number of benzene rings is 1. The number of carbonyl (C=O) groups is 2. The smallest absolute Gasteiger partial charge is 0.252 e. The molecule has 3 heterocycles. The fourth-order valence-corrected chi connectivity index (χ4v) is 4.64. The van der Waals surface area contributed by atoms with Crippen molar-refractivity contribution >= 4 is 22.8 Å². The summed E-state index contributed by atoms with van der Waals surface area (Å²) in [6.45, 7) is 4.30. The predicted octanol–water partition coefficient (Wildman–Crippen LogP) is 2.14. The van der Waals surface area contributed by atoms with Crippen LogP contribution in [0.5, 0.6) is 0 Å². The number of nitriles is 1. The first-order valence-electron chi connectivity index (χ1n) is 9.73. The first kappa shape index (κ1) is 18.5. The molecule has 7 heteroatoms. The molecule has 28 heavy (non-hydrogen) atoms. The minimum absolute atomic E-state index is 0.0277. The van der Waals surface area contributed by atoms with E-state index in [1.807, 2.05) is 18.2 Å². The highest BCUT2D eigenvalue weighted by molar-refractivity contribution is 6.07. The van der Waals surface area contributed by atoms with Gasteiger partial charge in [0.25, 0.3) is 5.91 Å². The van der Waals surface area contributed by atoms with Crippen LogP contribution in [0.15, 0.2) is 22.6 Å². The lowest BCUT2D eigenvalue weighted by molar-refractivity contribution is -0.132. The molecule has 1 aromatic heterocycles. The summed E-state index contributed by atoms with van der Waals surface area (Å²) in [7, 11) is 0. The topological polar surface area (TPSA) is 104 Å². The zero-order valence-electron chi connectivity index (χ0n) is 16.0. The van der Waals surface area contributed by atoms with E-state index in [9.17, 15) is 14.9 Å². The van der Waals surface area contributed by atoms with Crippen molar-refractivity contribution in [3.63, 3.8) is 0 Å². The number of hydrogen-bond acceptors (Lipinski definition) is 5. The summed E-state index contributed by atoms with van der Waals surface area (Å²) in [5, 5.41) is 10.0. The normalized spacial score (nSPS) is 22.6. The minimum atomic E-state index is -0.481. The number of nitrogens with two attached hydrogens (primary N) is 1. The van der Waals surface area contributed by atoms with Crippen LogP contribution >= 0.6 is 0 Å². The van der Waals surface area contributed by atoms with E-state index in [1.54, 1.807) is 11.8 Å². The van der Waals surface area contributed by atoms with Crippen molar-refractivity contribution in [2.75, 3.05) is 26.2 Å². The summed E-state index contributed by atoms with van der Waals surface area (Å²) in [6, 6.07) is 7.74. The molecule has 2 atom stereocenters. The Kier molecular flexibility index (Phi) is 4.82. The molecule has 0 aliphatic carbocycles. The zero-order chi connectivity index (χ0) is 19.8. The van der Waals surface area contributed by atoms with Crippen molar-refractivity contribution in [1.29, 1.82) is 5.26 Å². The number of hydrogen-bond donors (Lipinski definition) is 1. The number of amides is 2. The Morgan fingerprint density at radius 1 is 1.32 bits per heavy atom. The number of carbonyl (C=O) groups excluding carboxylic acids is 2. The van der Waals surface area contributed by atoms with Crippen molar-refractivity contribution < 1.29 is 14.0 Å². The first-order chi connectivity index (χ1) is 13.5. The van der Waals surface area contributed by atoms with E-state index in [2.05, 4.69) is 11.0 Å². The van der Waals surface area contributed by atoms with Gasteiger partial charge in [-0.1, -0.05) is 12.1 Å². The third kappa shape index (κ3) is 3.14. The fourth-order valence-electron chi connectivity index (χ4n) is 4.64. The van der Waals surface area contributed by atoms with E-state index < -0.39 is 5.91 Å². The van der Waals surface area contributed by atoms with Crippen LogP contribution in [0.4, 0.5) is 0 Å². The molecule has 2 fully saturated rings. The number of likely N-dealkylation sites (tertiary alicyclic amines) is 2. The van der Waals surface area contributed by atoms with Gasteiger partial charge in [-0.15, -0.1) is 0 Å². The maximum Gasteiger partial charge on any atom is 0.252 e. The summed E-state index contributed by atoms with van der Waals surface area (Å²) in [5.41, 5.74) is 7.77. The molecule has 2 unspecified atom stereocenters. The Morgan fingerprint density at radius 2 is 2.14 bits per heavy atom. The lowest BCUT2D eigenvalue weighted by Crippen LogP contribution is -2.41. The molecule has 2 aromatic rings. The van der Waals surface area contributed by atoms with Gasteiger partial charge in [-0.3, -0.25) is 14.5 Å². The second kappa shape index (κ2) is 7.28. The number of aryl methyl sites for hydroxylation is 1. The molecular weight excluding hydrogens is 356 g/mol. The molecule has 0 radical (unpaired) electrons. The van der Waals surface area contributed by atoms with Gasteiger partial charge in [-0.2, -0.15) is 5.26 Å². The second-order valence-corrected chi connectivity index (χ2v) is 7.71. The molecule has 2 aliphatic heterocycles. The quantitative estimate of drug-likeness (QED) is 0.875. The van der Waals surface area contributed by atoms with E-state index in [-0.39, 0.29) is 17.9 Å². The van der Waals surface area contributed by atoms with Crippen LogP contribution in [0.2, 0.25) is 0 Å². The van der Waals surface area contributed by atoms with E-state index in [0.717, 1.165) is 43.3 Å². The van der Waals surface area contributed by atoms with Gasteiger partial charge in [0.1, 0.15) is 17.4 Å². The van der Waals surface area contributed by atoms with E-state index in [0.29, 0.717) is 30.0 Å². The average Bonchev–Trinajstić information content (AvgIpc) is 3.38. The Bertz CT molecular complexity index is 974. The maximum absolute atomic E-state index is 12.6. The van der Waals surface area contributed by atoms with E-state index in [4.69, 9.17) is 10.2 Å². The monoisotopic (exact) mass is 380 g/mol. The largest absolute Gasteiger partial charge is 0.461 e. The highest BCUT2D eigenvalue weighted by Crippen LogP contribution is 2.36. The molecule has 0 spiro atoms. The number of furan rings is 1. The van der Waals surface area contributed by atoms with E-state index in [1.165, 1.54) is 0 Å². The first-order valence-corrected chi connectivity index (χ1v) is 9.73. The van der Waals surface area contributed by atoms with Crippen LogP contribution in [0.1, 0.15) is 46.9 Å². The Balaban J connectivity index is 1.53. The van der Waals surface area contributed by atoms with Crippen LogP contribution in [-0.2, 0) is 4.79 Å². The van der Waals surface area contributed by atoms with Gasteiger partial charge < -0.3 is 15.1 Å². The van der Waals surface area contributed by atoms with Crippen molar-refractivity contribution in [2.45, 2.75) is 38.1 Å². The van der Waals surface area contributed by atoms with Gasteiger partial charge in [0, 0.05) is 18.5 Å². The van der Waals surface area contributed by atoms with Crippen LogP contribution in [-0.4, -0.2) is 53.8 Å². The SMILES string of the molecule is Cc1oc2cccc(C3CCN(CC(=O)N4CCCC4C#N)C3)c2c1C(N)=O. The summed E-state index contributed by atoms with van der Waals surface area (Å²) < 4.78 is 5.74. The lowest BCUT2D eigenvalue weighted by Gasteiger charge is -2.23. The van der Waals surface area contributed by atoms with Crippen LogP contribution < -0.4 is 5.73 Å². The number of fused-ring (bicyclic) bond motifs is 1. The van der Waals surface area contributed by atoms with Crippen molar-refractivity contribution in [2.24, 2.45) is 5.73 Å². The highest BCUT2D eigenvalue weighted by Gasteiger charge is 2.33. The van der Waals surface area contributed by atoms with Gasteiger partial charge in [0.05, 0.1) is 18.2 Å². The minimum Gasteiger partial charge on any atom is -0.461 e. The predicted molar refractivity (Wildman–Crippen MR) is 104 cm³/mol. The Hall–Kier alpha value is -2.85. The van der Waals surface area contributed by atoms with Crippen LogP contribution in [0.25, 0.3) is 11.0 Å².